The zero-order chi connectivity index (χ0) is 20.3. The van der Waals surface area contributed by atoms with Gasteiger partial charge in [0.15, 0.2) is 0 Å². The predicted molar refractivity (Wildman–Crippen MR) is 111 cm³/mol. The zero-order valence-corrected chi connectivity index (χ0v) is 17.6. The van der Waals surface area contributed by atoms with Crippen LogP contribution in [0.2, 0.25) is 0 Å². The van der Waals surface area contributed by atoms with Crippen molar-refractivity contribution in [3.8, 4) is 0 Å². The van der Waals surface area contributed by atoms with Gasteiger partial charge in [-0.05, 0) is 18.9 Å². The molecule has 1 N–H and O–H groups in total. The molecule has 0 amide bonds. The maximum Gasteiger partial charge on any atom is 0.146 e. The van der Waals surface area contributed by atoms with Crippen LogP contribution in [0, 0.1) is 0 Å². The van der Waals surface area contributed by atoms with Crippen molar-refractivity contribution in [3.63, 3.8) is 0 Å². The Morgan fingerprint density at radius 3 is 1.93 bits per heavy atom. The van der Waals surface area contributed by atoms with Gasteiger partial charge in [-0.3, -0.25) is 4.90 Å². The summed E-state index contributed by atoms with van der Waals surface area (Å²) in [4.78, 5) is 13.3. The molecule has 1 rings (SSSR count). The van der Waals surface area contributed by atoms with Gasteiger partial charge in [0.05, 0.1) is 39.6 Å². The van der Waals surface area contributed by atoms with Gasteiger partial charge in [0.25, 0.3) is 0 Å². The van der Waals surface area contributed by atoms with E-state index in [1.807, 2.05) is 18.2 Å². The number of hydrogen-bond acceptors (Lipinski definition) is 7. The number of rotatable bonds is 19. The van der Waals surface area contributed by atoms with Crippen LogP contribution in [0.25, 0.3) is 0 Å². The lowest BCUT2D eigenvalue weighted by atomic mass is 10.2. The minimum Gasteiger partial charge on any atom is -0.379 e. The predicted octanol–water partition coefficient (Wildman–Crippen LogP) is 1.79. The third-order valence-corrected chi connectivity index (χ3v) is 4.05. The maximum absolute atomic E-state index is 11.0. The fourth-order valence-corrected chi connectivity index (χ4v) is 2.61. The van der Waals surface area contributed by atoms with E-state index in [1.165, 1.54) is 0 Å². The largest absolute Gasteiger partial charge is 0.379 e. The molecule has 1 atom stereocenters. The number of ether oxygens (including phenoxy) is 4. The van der Waals surface area contributed by atoms with Crippen LogP contribution in [-0.2, 0) is 23.7 Å². The van der Waals surface area contributed by atoms with Gasteiger partial charge in [-0.15, -0.1) is 0 Å². The van der Waals surface area contributed by atoms with Gasteiger partial charge in [0.2, 0.25) is 0 Å². The molecule has 0 spiro atoms. The average molecular weight is 399 g/mol. The van der Waals surface area contributed by atoms with Crippen molar-refractivity contribution < 1.29 is 23.7 Å². The van der Waals surface area contributed by atoms with Crippen molar-refractivity contribution in [2.24, 2.45) is 0 Å². The third-order valence-electron chi connectivity index (χ3n) is 4.05. The molecular formula is C21H38N2O5. The van der Waals surface area contributed by atoms with Crippen LogP contribution in [0.3, 0.4) is 0 Å². The highest BCUT2D eigenvalue weighted by Crippen LogP contribution is 2.04. The van der Waals surface area contributed by atoms with E-state index in [-0.39, 0.29) is 6.04 Å². The summed E-state index contributed by atoms with van der Waals surface area (Å²) in [6.07, 6.45) is 8.73. The highest BCUT2D eigenvalue weighted by molar-refractivity contribution is 5.62. The summed E-state index contributed by atoms with van der Waals surface area (Å²) in [5.74, 6) is 0. The number of hydrogen-bond donors (Lipinski definition) is 1. The molecule has 0 radical (unpaired) electrons. The normalized spacial score (nSPS) is 16.2. The summed E-state index contributed by atoms with van der Waals surface area (Å²) < 4.78 is 22.2. The van der Waals surface area contributed by atoms with Crippen LogP contribution in [0.5, 0.6) is 0 Å². The second-order valence-corrected chi connectivity index (χ2v) is 6.61. The molecule has 0 saturated carbocycles. The molecule has 0 aromatic heterocycles. The standard InChI is InChI=1S/C21H38N2O5/c1-3-10-25-14-16-27-12-8-23(9-13-28-17-15-26-11-4-2)18-20-6-5-7-21(19-24)22-20/h5-7,19,21-22H,3-4,8-18H2,1-2H3. The van der Waals surface area contributed by atoms with Crippen LogP contribution in [0.4, 0.5) is 0 Å². The monoisotopic (exact) mass is 398 g/mol. The number of nitrogens with one attached hydrogen (secondary N) is 1. The van der Waals surface area contributed by atoms with Crippen LogP contribution in [0.1, 0.15) is 26.7 Å². The van der Waals surface area contributed by atoms with Gasteiger partial charge in [-0.1, -0.05) is 26.0 Å². The molecule has 0 aromatic rings. The number of carbonyl (C=O) groups excluding carboxylic acids is 1. The first-order valence-electron chi connectivity index (χ1n) is 10.4. The molecule has 1 aliphatic rings. The molecule has 1 heterocycles. The number of aldehydes is 1. The van der Waals surface area contributed by atoms with E-state index in [0.717, 1.165) is 57.7 Å². The van der Waals surface area contributed by atoms with Crippen LogP contribution in [-0.4, -0.2) is 89.7 Å². The summed E-state index contributed by atoms with van der Waals surface area (Å²) in [5, 5.41) is 3.23. The van der Waals surface area contributed by atoms with Gasteiger partial charge in [0, 0.05) is 38.5 Å². The summed E-state index contributed by atoms with van der Waals surface area (Å²) in [6, 6.07) is -0.249. The third kappa shape index (κ3) is 13.0. The number of nitrogens with zero attached hydrogens (tertiary/aromatic N) is 1. The molecule has 0 fully saturated rings. The molecule has 28 heavy (non-hydrogen) atoms. The van der Waals surface area contributed by atoms with Gasteiger partial charge in [-0.2, -0.15) is 0 Å². The molecule has 162 valence electrons. The van der Waals surface area contributed by atoms with E-state index in [1.54, 1.807) is 0 Å². The van der Waals surface area contributed by atoms with E-state index in [4.69, 9.17) is 18.9 Å². The van der Waals surface area contributed by atoms with Gasteiger partial charge >= 0.3 is 0 Å². The maximum atomic E-state index is 11.0. The van der Waals surface area contributed by atoms with Crippen molar-refractivity contribution in [2.75, 3.05) is 72.5 Å². The SMILES string of the molecule is CCCOCCOCCN(CCOCCOCCC)CC1=CC=CC(C=O)N1. The van der Waals surface area contributed by atoms with E-state index >= 15 is 0 Å². The molecular weight excluding hydrogens is 360 g/mol. The Morgan fingerprint density at radius 1 is 0.893 bits per heavy atom. The quantitative estimate of drug-likeness (QED) is 0.263. The first-order valence-corrected chi connectivity index (χ1v) is 10.4. The second kappa shape index (κ2) is 17.8. The Balaban J connectivity index is 2.29. The summed E-state index contributed by atoms with van der Waals surface area (Å²) in [7, 11) is 0. The highest BCUT2D eigenvalue weighted by Gasteiger charge is 2.13. The first-order chi connectivity index (χ1) is 13.8. The molecule has 1 aliphatic heterocycles. The first kappa shape index (κ1) is 24.8. The van der Waals surface area contributed by atoms with Crippen LogP contribution < -0.4 is 5.32 Å². The van der Waals surface area contributed by atoms with Crippen molar-refractivity contribution in [3.05, 3.63) is 23.9 Å². The molecule has 0 aromatic carbocycles. The Morgan fingerprint density at radius 2 is 1.43 bits per heavy atom. The zero-order valence-electron chi connectivity index (χ0n) is 17.6. The van der Waals surface area contributed by atoms with Crippen LogP contribution in [0.15, 0.2) is 23.9 Å². The fraction of sp³-hybridized carbons (Fsp3) is 0.762. The minimum atomic E-state index is -0.249. The van der Waals surface area contributed by atoms with Gasteiger partial charge in [-0.25, -0.2) is 0 Å². The molecule has 0 saturated heterocycles. The number of dihydropyridines is 1. The lowest BCUT2D eigenvalue weighted by Gasteiger charge is -2.26. The molecule has 0 aliphatic carbocycles. The van der Waals surface area contributed by atoms with Crippen molar-refractivity contribution in [1.29, 1.82) is 0 Å². The van der Waals surface area contributed by atoms with Crippen molar-refractivity contribution in [2.45, 2.75) is 32.7 Å². The highest BCUT2D eigenvalue weighted by atomic mass is 16.5. The minimum absolute atomic E-state index is 0.249. The smallest absolute Gasteiger partial charge is 0.146 e. The summed E-state index contributed by atoms with van der Waals surface area (Å²) in [5.41, 5.74) is 1.03. The van der Waals surface area contributed by atoms with E-state index in [0.29, 0.717) is 39.6 Å². The number of carbonyl (C=O) groups is 1. The molecule has 0 bridgehead atoms. The topological polar surface area (TPSA) is 69.3 Å². The Kier molecular flexibility index (Phi) is 15.8. The van der Waals surface area contributed by atoms with Crippen LogP contribution >= 0.6 is 0 Å². The number of allylic oxidation sites excluding steroid dienone is 2. The summed E-state index contributed by atoms with van der Waals surface area (Å²) in [6.45, 7) is 11.8. The second-order valence-electron chi connectivity index (χ2n) is 6.61. The lowest BCUT2D eigenvalue weighted by molar-refractivity contribution is -0.108. The molecule has 7 heteroatoms. The van der Waals surface area contributed by atoms with Gasteiger partial charge < -0.3 is 29.1 Å². The van der Waals surface area contributed by atoms with Crippen molar-refractivity contribution in [1.82, 2.24) is 10.2 Å². The van der Waals surface area contributed by atoms with E-state index in [9.17, 15) is 4.79 Å². The Hall–Kier alpha value is -1.25. The van der Waals surface area contributed by atoms with Crippen molar-refractivity contribution >= 4 is 6.29 Å². The molecule has 1 unspecified atom stereocenters. The Labute approximate surface area is 170 Å². The Bertz CT molecular complexity index is 425. The summed E-state index contributed by atoms with van der Waals surface area (Å²) >= 11 is 0. The average Bonchev–Trinajstić information content (AvgIpc) is 2.72. The van der Waals surface area contributed by atoms with Gasteiger partial charge in [0.1, 0.15) is 12.3 Å². The molecule has 7 nitrogen and oxygen atoms in total. The van der Waals surface area contributed by atoms with E-state index < -0.39 is 0 Å². The van der Waals surface area contributed by atoms with E-state index in [2.05, 4.69) is 24.1 Å². The fourth-order valence-electron chi connectivity index (χ4n) is 2.61. The lowest BCUT2D eigenvalue weighted by Crippen LogP contribution is -2.39.